The van der Waals surface area contributed by atoms with E-state index in [2.05, 4.69) is 154 Å². The van der Waals surface area contributed by atoms with Gasteiger partial charge in [-0.15, -0.1) is 0 Å². The topological polar surface area (TPSA) is 78.9 Å². The first-order valence-corrected chi connectivity index (χ1v) is 34.2. The number of hydrogen-bond donors (Lipinski definition) is 0. The van der Waals surface area contributed by atoms with Crippen molar-refractivity contribution in [2.24, 2.45) is 0 Å². The third kappa shape index (κ3) is 66.4. The van der Waals surface area contributed by atoms with Crippen molar-refractivity contribution in [2.45, 2.75) is 316 Å². The molecule has 0 N–H and O–H groups in total. The van der Waals surface area contributed by atoms with Crippen LogP contribution in [-0.4, -0.2) is 37.2 Å². The molecule has 0 aliphatic heterocycles. The van der Waals surface area contributed by atoms with E-state index in [1.54, 1.807) is 0 Å². The van der Waals surface area contributed by atoms with Crippen LogP contribution in [0.4, 0.5) is 0 Å². The fraction of sp³-hybridized carbons (Fsp3) is 0.671. The van der Waals surface area contributed by atoms with Crippen molar-refractivity contribution in [1.82, 2.24) is 0 Å². The summed E-state index contributed by atoms with van der Waals surface area (Å²) in [5.41, 5.74) is 0. The van der Waals surface area contributed by atoms with Crippen LogP contribution in [0.3, 0.4) is 0 Å². The molecule has 0 saturated carbocycles. The van der Waals surface area contributed by atoms with Crippen LogP contribution in [0.1, 0.15) is 310 Å². The van der Waals surface area contributed by atoms with Gasteiger partial charge in [0.25, 0.3) is 0 Å². The zero-order chi connectivity index (χ0) is 59.2. The van der Waals surface area contributed by atoms with Crippen molar-refractivity contribution in [2.75, 3.05) is 13.2 Å². The Kier molecular flexibility index (Phi) is 65.3. The molecule has 0 radical (unpaired) electrons. The fourth-order valence-electron chi connectivity index (χ4n) is 9.36. The van der Waals surface area contributed by atoms with Crippen LogP contribution in [0.5, 0.6) is 0 Å². The summed E-state index contributed by atoms with van der Waals surface area (Å²) in [5.74, 6) is -0.978. The molecule has 0 aromatic carbocycles. The summed E-state index contributed by atoms with van der Waals surface area (Å²) in [7, 11) is 0. The van der Waals surface area contributed by atoms with E-state index >= 15 is 0 Å². The van der Waals surface area contributed by atoms with Gasteiger partial charge in [-0.2, -0.15) is 0 Å². The number of unbranched alkanes of at least 4 members (excludes halogenated alkanes) is 28. The van der Waals surface area contributed by atoms with Gasteiger partial charge in [-0.1, -0.05) is 309 Å². The average molecular weight is 1140 g/mol. The summed E-state index contributed by atoms with van der Waals surface area (Å²) in [6.45, 7) is 6.38. The minimum Gasteiger partial charge on any atom is -0.462 e. The van der Waals surface area contributed by atoms with Crippen LogP contribution in [0.2, 0.25) is 0 Å². The molecular formula is C76H126O6. The lowest BCUT2D eigenvalue weighted by atomic mass is 10.0. The Bertz CT molecular complexity index is 1730. The van der Waals surface area contributed by atoms with Gasteiger partial charge in [0.05, 0.1) is 0 Å². The number of allylic oxidation sites excluding steroid dienone is 22. The Balaban J connectivity index is 4.48. The Morgan fingerprint density at radius 3 is 0.768 bits per heavy atom. The third-order valence-corrected chi connectivity index (χ3v) is 14.4. The van der Waals surface area contributed by atoms with Gasteiger partial charge in [0, 0.05) is 19.3 Å². The molecule has 0 spiro atoms. The second kappa shape index (κ2) is 69.0. The van der Waals surface area contributed by atoms with E-state index in [1.165, 1.54) is 135 Å². The molecule has 0 saturated heterocycles. The highest BCUT2D eigenvalue weighted by Gasteiger charge is 2.19. The standard InChI is InChI=1S/C76H126O6/c1-4-7-10-13-16-19-22-25-28-31-34-36-37-38-40-42-45-48-51-54-57-60-63-66-69-75(78)81-72-73(71-80-74(77)68-65-62-59-56-53-50-47-44-41-33-30-27-24-21-18-15-12-9-6-3)82-76(79)70-67-64-61-58-55-52-49-46-43-39-35-32-29-26-23-20-17-14-11-8-5-2/h8-9,11-12,17-18,20-21,26-27,29-30,35,39,41,44,46,49-50,53,55,58,73H,4-7,10,13-16,19,22-25,28,31-34,36-38,40,42-43,45,47-48,51-52,54,56-57,59-72H2,1-3H3/b11-8-,12-9-,20-17-,21-18-,29-26-,30-27-,39-35-,44-41-,49-46-,53-50-,58-55-. The van der Waals surface area contributed by atoms with Crippen molar-refractivity contribution in [1.29, 1.82) is 0 Å². The molecule has 0 aliphatic rings. The number of carbonyl (C=O) groups is 3. The molecule has 0 aromatic rings. The zero-order valence-corrected chi connectivity index (χ0v) is 53.5. The van der Waals surface area contributed by atoms with Crippen molar-refractivity contribution in [3.63, 3.8) is 0 Å². The first-order chi connectivity index (χ1) is 40.5. The smallest absolute Gasteiger partial charge is 0.306 e. The van der Waals surface area contributed by atoms with E-state index in [0.717, 1.165) is 128 Å². The normalized spacial score (nSPS) is 13.0. The van der Waals surface area contributed by atoms with Gasteiger partial charge < -0.3 is 14.2 Å². The molecule has 0 bridgehead atoms. The van der Waals surface area contributed by atoms with Crippen LogP contribution >= 0.6 is 0 Å². The van der Waals surface area contributed by atoms with Crippen molar-refractivity contribution < 1.29 is 28.6 Å². The lowest BCUT2D eigenvalue weighted by molar-refractivity contribution is -0.167. The quantitative estimate of drug-likeness (QED) is 0.0261. The molecule has 0 aromatic heterocycles. The Morgan fingerprint density at radius 1 is 0.256 bits per heavy atom. The van der Waals surface area contributed by atoms with E-state index in [-0.39, 0.29) is 37.5 Å². The van der Waals surface area contributed by atoms with Crippen LogP contribution in [0.25, 0.3) is 0 Å². The molecule has 6 nitrogen and oxygen atoms in total. The molecule has 0 aliphatic carbocycles. The second-order valence-electron chi connectivity index (χ2n) is 22.3. The second-order valence-corrected chi connectivity index (χ2v) is 22.3. The van der Waals surface area contributed by atoms with Crippen LogP contribution in [-0.2, 0) is 28.6 Å². The lowest BCUT2D eigenvalue weighted by Gasteiger charge is -2.18. The molecule has 0 heterocycles. The average Bonchev–Trinajstić information content (AvgIpc) is 3.47. The van der Waals surface area contributed by atoms with Crippen molar-refractivity contribution >= 4 is 17.9 Å². The van der Waals surface area contributed by atoms with E-state index < -0.39 is 6.10 Å². The number of carbonyl (C=O) groups excluding carboxylic acids is 3. The van der Waals surface area contributed by atoms with Crippen molar-refractivity contribution in [3.8, 4) is 0 Å². The SMILES string of the molecule is CC/C=C\C/C=C\C/C=C\C/C=C\C/C=C\C/C=C\CCCCC(=O)OC(COC(=O)CCCCC/C=C\C/C=C\C/C=C\C/C=C\C/C=C\CC)COC(=O)CCCCCCCCCCCCCCCCCCCCCCCCCC. The van der Waals surface area contributed by atoms with E-state index in [9.17, 15) is 14.4 Å². The maximum absolute atomic E-state index is 12.9. The minimum absolute atomic E-state index is 0.108. The highest BCUT2D eigenvalue weighted by atomic mass is 16.6. The molecule has 1 atom stereocenters. The number of ether oxygens (including phenoxy) is 3. The molecular weight excluding hydrogens is 1010 g/mol. The van der Waals surface area contributed by atoms with E-state index in [1.807, 2.05) is 0 Å². The van der Waals surface area contributed by atoms with Gasteiger partial charge in [0.15, 0.2) is 6.10 Å². The summed E-state index contributed by atoms with van der Waals surface area (Å²) >= 11 is 0. The third-order valence-electron chi connectivity index (χ3n) is 14.4. The van der Waals surface area contributed by atoms with E-state index in [0.29, 0.717) is 19.3 Å². The lowest BCUT2D eigenvalue weighted by Crippen LogP contribution is -2.30. The highest BCUT2D eigenvalue weighted by Crippen LogP contribution is 2.17. The molecule has 0 rings (SSSR count). The largest absolute Gasteiger partial charge is 0.462 e. The molecule has 82 heavy (non-hydrogen) atoms. The number of hydrogen-bond acceptors (Lipinski definition) is 6. The highest BCUT2D eigenvalue weighted by molar-refractivity contribution is 5.71. The fourth-order valence-corrected chi connectivity index (χ4v) is 9.36. The molecule has 466 valence electrons. The first kappa shape index (κ1) is 77.5. The van der Waals surface area contributed by atoms with Gasteiger partial charge in [0.1, 0.15) is 13.2 Å². The predicted octanol–water partition coefficient (Wildman–Crippen LogP) is 23.7. The van der Waals surface area contributed by atoms with Gasteiger partial charge in [-0.05, 0) is 116 Å². The van der Waals surface area contributed by atoms with Gasteiger partial charge >= 0.3 is 17.9 Å². The monoisotopic (exact) mass is 1130 g/mol. The van der Waals surface area contributed by atoms with Crippen LogP contribution < -0.4 is 0 Å². The van der Waals surface area contributed by atoms with E-state index in [4.69, 9.17) is 14.2 Å². The van der Waals surface area contributed by atoms with Crippen LogP contribution in [0.15, 0.2) is 134 Å². The Hall–Kier alpha value is -4.45. The summed E-state index contributed by atoms with van der Waals surface area (Å²) < 4.78 is 16.9. The Labute approximate surface area is 506 Å². The number of rotatable bonds is 61. The maximum atomic E-state index is 12.9. The summed E-state index contributed by atoms with van der Waals surface area (Å²) in [6, 6.07) is 0. The zero-order valence-electron chi connectivity index (χ0n) is 53.5. The molecule has 0 amide bonds. The summed E-state index contributed by atoms with van der Waals surface area (Å²) in [5, 5.41) is 0. The molecule has 6 heteroatoms. The molecule has 1 unspecified atom stereocenters. The maximum Gasteiger partial charge on any atom is 0.306 e. The summed E-state index contributed by atoms with van der Waals surface area (Å²) in [4.78, 5) is 38.4. The minimum atomic E-state index is -0.821. The van der Waals surface area contributed by atoms with Gasteiger partial charge in [-0.25, -0.2) is 0 Å². The predicted molar refractivity (Wildman–Crippen MR) is 357 cm³/mol. The van der Waals surface area contributed by atoms with Gasteiger partial charge in [-0.3, -0.25) is 14.4 Å². The number of esters is 3. The summed E-state index contributed by atoms with van der Waals surface area (Å²) in [6.07, 6.45) is 97.6. The van der Waals surface area contributed by atoms with Gasteiger partial charge in [0.2, 0.25) is 0 Å². The van der Waals surface area contributed by atoms with Crippen molar-refractivity contribution in [3.05, 3.63) is 134 Å². The first-order valence-electron chi connectivity index (χ1n) is 34.2. The van der Waals surface area contributed by atoms with Crippen LogP contribution in [0, 0.1) is 0 Å². The molecule has 0 fully saturated rings. The Morgan fingerprint density at radius 2 is 0.476 bits per heavy atom.